The second-order valence-electron chi connectivity index (χ2n) is 5.32. The minimum absolute atomic E-state index is 0.113. The van der Waals surface area contributed by atoms with E-state index in [1.54, 1.807) is 0 Å². The second-order valence-corrected chi connectivity index (χ2v) is 7.55. The molecule has 0 saturated carbocycles. The third-order valence-electron chi connectivity index (χ3n) is 3.89. The molecule has 0 amide bonds. The third-order valence-corrected chi connectivity index (χ3v) is 5.66. The normalized spacial score (nSPS) is 21.0. The molecule has 0 spiro atoms. The number of hydrogen-bond acceptors (Lipinski definition) is 4. The molecule has 1 heterocycles. The first kappa shape index (κ1) is 15.3. The van der Waals surface area contributed by atoms with Crippen LogP contribution in [0.5, 0.6) is 0 Å². The molecule has 1 aromatic rings. The fourth-order valence-electron chi connectivity index (χ4n) is 2.63. The smallest absolute Gasteiger partial charge is 0.151 e. The van der Waals surface area contributed by atoms with Crippen LogP contribution in [0.4, 0.5) is 5.69 Å². The Morgan fingerprint density at radius 3 is 2.35 bits per heavy atom. The Balaban J connectivity index is 1.88. The first-order valence-corrected chi connectivity index (χ1v) is 9.14. The van der Waals surface area contributed by atoms with E-state index in [1.807, 2.05) is 0 Å². The molecule has 1 aliphatic rings. The van der Waals surface area contributed by atoms with Gasteiger partial charge in [-0.05, 0) is 38.0 Å². The van der Waals surface area contributed by atoms with E-state index < -0.39 is 9.84 Å². The SMILES string of the molecule is CCN(CC)c1ccc(CN[C@@H]2CCS(=O)(=O)C2)cc1. The van der Waals surface area contributed by atoms with Crippen molar-refractivity contribution in [3.05, 3.63) is 29.8 Å². The number of anilines is 1. The summed E-state index contributed by atoms with van der Waals surface area (Å²) in [6.45, 7) is 7.06. The van der Waals surface area contributed by atoms with Crippen LogP contribution in [0.2, 0.25) is 0 Å². The molecule has 1 aliphatic heterocycles. The highest BCUT2D eigenvalue weighted by molar-refractivity contribution is 7.91. The zero-order valence-electron chi connectivity index (χ0n) is 12.3. The minimum Gasteiger partial charge on any atom is -0.372 e. The van der Waals surface area contributed by atoms with Crippen LogP contribution < -0.4 is 10.2 Å². The van der Waals surface area contributed by atoms with E-state index in [4.69, 9.17) is 0 Å². The molecule has 112 valence electrons. The Labute approximate surface area is 122 Å². The first-order valence-electron chi connectivity index (χ1n) is 7.31. The van der Waals surface area contributed by atoms with E-state index in [0.29, 0.717) is 5.75 Å². The summed E-state index contributed by atoms with van der Waals surface area (Å²) < 4.78 is 22.8. The van der Waals surface area contributed by atoms with E-state index in [-0.39, 0.29) is 11.8 Å². The van der Waals surface area contributed by atoms with Gasteiger partial charge in [-0.25, -0.2) is 8.42 Å². The summed E-state index contributed by atoms with van der Waals surface area (Å²) in [5.74, 6) is 0.607. The topological polar surface area (TPSA) is 49.4 Å². The van der Waals surface area contributed by atoms with Gasteiger partial charge in [-0.15, -0.1) is 0 Å². The fraction of sp³-hybridized carbons (Fsp3) is 0.600. The maximum Gasteiger partial charge on any atom is 0.151 e. The van der Waals surface area contributed by atoms with Gasteiger partial charge in [-0.1, -0.05) is 12.1 Å². The fourth-order valence-corrected chi connectivity index (χ4v) is 4.34. The highest BCUT2D eigenvalue weighted by Gasteiger charge is 2.27. The summed E-state index contributed by atoms with van der Waals surface area (Å²) in [4.78, 5) is 2.31. The van der Waals surface area contributed by atoms with Crippen molar-refractivity contribution in [1.82, 2.24) is 5.32 Å². The monoisotopic (exact) mass is 296 g/mol. The molecule has 0 radical (unpaired) electrons. The van der Waals surface area contributed by atoms with Crippen LogP contribution in [-0.4, -0.2) is 39.1 Å². The molecule has 0 bridgehead atoms. The molecular formula is C15H24N2O2S. The summed E-state index contributed by atoms with van der Waals surface area (Å²) in [6.07, 6.45) is 0.736. The molecule has 4 nitrogen and oxygen atoms in total. The van der Waals surface area contributed by atoms with Crippen molar-refractivity contribution < 1.29 is 8.42 Å². The van der Waals surface area contributed by atoms with Gasteiger partial charge in [-0.3, -0.25) is 0 Å². The number of hydrogen-bond donors (Lipinski definition) is 1. The van der Waals surface area contributed by atoms with Gasteiger partial charge in [0.2, 0.25) is 0 Å². The molecule has 1 fully saturated rings. The van der Waals surface area contributed by atoms with Gasteiger partial charge in [0.25, 0.3) is 0 Å². The van der Waals surface area contributed by atoms with Crippen molar-refractivity contribution in [2.45, 2.75) is 32.9 Å². The number of rotatable bonds is 6. The van der Waals surface area contributed by atoms with Crippen LogP contribution in [0.15, 0.2) is 24.3 Å². The van der Waals surface area contributed by atoms with Crippen LogP contribution in [0.25, 0.3) is 0 Å². The van der Waals surface area contributed by atoms with Crippen molar-refractivity contribution in [3.8, 4) is 0 Å². The summed E-state index contributed by atoms with van der Waals surface area (Å²) >= 11 is 0. The van der Waals surface area contributed by atoms with Gasteiger partial charge in [0.15, 0.2) is 9.84 Å². The maximum absolute atomic E-state index is 11.4. The Hall–Kier alpha value is -1.07. The van der Waals surface area contributed by atoms with Gasteiger partial charge >= 0.3 is 0 Å². The number of sulfone groups is 1. The van der Waals surface area contributed by atoms with E-state index in [0.717, 1.165) is 26.1 Å². The number of nitrogens with one attached hydrogen (secondary N) is 1. The maximum atomic E-state index is 11.4. The summed E-state index contributed by atoms with van der Waals surface area (Å²) in [7, 11) is -2.79. The zero-order chi connectivity index (χ0) is 14.6. The molecule has 1 N–H and O–H groups in total. The average Bonchev–Trinajstić information content (AvgIpc) is 2.79. The molecular weight excluding hydrogens is 272 g/mol. The Kier molecular flexibility index (Phi) is 5.05. The molecule has 1 aromatic carbocycles. The van der Waals surface area contributed by atoms with Gasteiger partial charge in [0.1, 0.15) is 0 Å². The van der Waals surface area contributed by atoms with Crippen LogP contribution in [0, 0.1) is 0 Å². The Morgan fingerprint density at radius 2 is 1.85 bits per heavy atom. The second kappa shape index (κ2) is 6.59. The zero-order valence-corrected chi connectivity index (χ0v) is 13.1. The summed E-state index contributed by atoms with van der Waals surface area (Å²) in [6, 6.07) is 8.61. The molecule has 0 unspecified atom stereocenters. The lowest BCUT2D eigenvalue weighted by atomic mass is 10.1. The predicted molar refractivity (Wildman–Crippen MR) is 83.9 cm³/mol. The molecule has 5 heteroatoms. The van der Waals surface area contributed by atoms with Crippen molar-refractivity contribution in [2.75, 3.05) is 29.5 Å². The predicted octanol–water partition coefficient (Wildman–Crippen LogP) is 1.81. The molecule has 1 atom stereocenters. The molecule has 0 aromatic heterocycles. The lowest BCUT2D eigenvalue weighted by Gasteiger charge is -2.21. The van der Waals surface area contributed by atoms with Crippen LogP contribution in [0.3, 0.4) is 0 Å². The van der Waals surface area contributed by atoms with Crippen molar-refractivity contribution >= 4 is 15.5 Å². The molecule has 0 aliphatic carbocycles. The van der Waals surface area contributed by atoms with Crippen LogP contribution >= 0.6 is 0 Å². The number of benzene rings is 1. The highest BCUT2D eigenvalue weighted by atomic mass is 32.2. The average molecular weight is 296 g/mol. The van der Waals surface area contributed by atoms with Crippen molar-refractivity contribution in [1.29, 1.82) is 0 Å². The Bertz CT molecular complexity index is 521. The van der Waals surface area contributed by atoms with E-state index >= 15 is 0 Å². The standard InChI is InChI=1S/C15H24N2O2S/c1-3-17(4-2)15-7-5-13(6-8-15)11-16-14-9-10-20(18,19)12-14/h5-8,14,16H,3-4,9-12H2,1-2H3/t14-/m1/s1. The minimum atomic E-state index is -2.79. The highest BCUT2D eigenvalue weighted by Crippen LogP contribution is 2.16. The van der Waals surface area contributed by atoms with Crippen molar-refractivity contribution in [3.63, 3.8) is 0 Å². The first-order chi connectivity index (χ1) is 9.54. The van der Waals surface area contributed by atoms with Crippen LogP contribution in [0.1, 0.15) is 25.8 Å². The van der Waals surface area contributed by atoms with E-state index in [2.05, 4.69) is 48.3 Å². The van der Waals surface area contributed by atoms with E-state index in [1.165, 1.54) is 11.3 Å². The van der Waals surface area contributed by atoms with E-state index in [9.17, 15) is 8.42 Å². The Morgan fingerprint density at radius 1 is 1.20 bits per heavy atom. The molecule has 20 heavy (non-hydrogen) atoms. The molecule has 2 rings (SSSR count). The largest absolute Gasteiger partial charge is 0.372 e. The lowest BCUT2D eigenvalue weighted by molar-refractivity contribution is 0.554. The quantitative estimate of drug-likeness (QED) is 0.870. The third kappa shape index (κ3) is 3.96. The van der Waals surface area contributed by atoms with Gasteiger partial charge < -0.3 is 10.2 Å². The summed E-state index contributed by atoms with van der Waals surface area (Å²) in [5, 5.41) is 3.34. The molecule has 1 saturated heterocycles. The van der Waals surface area contributed by atoms with Crippen molar-refractivity contribution in [2.24, 2.45) is 0 Å². The number of nitrogens with zero attached hydrogens (tertiary/aromatic N) is 1. The van der Waals surface area contributed by atoms with Gasteiger partial charge in [-0.2, -0.15) is 0 Å². The summed E-state index contributed by atoms with van der Waals surface area (Å²) in [5.41, 5.74) is 2.44. The van der Waals surface area contributed by atoms with Crippen LogP contribution in [-0.2, 0) is 16.4 Å². The van der Waals surface area contributed by atoms with Gasteiger partial charge in [0, 0.05) is 31.4 Å². The van der Waals surface area contributed by atoms with Gasteiger partial charge in [0.05, 0.1) is 11.5 Å². The lowest BCUT2D eigenvalue weighted by Crippen LogP contribution is -2.29.